The molecule has 0 spiro atoms. The second-order valence-corrected chi connectivity index (χ2v) is 6.65. The van der Waals surface area contributed by atoms with Crippen molar-refractivity contribution in [2.75, 3.05) is 33.8 Å². The van der Waals surface area contributed by atoms with Crippen molar-refractivity contribution in [2.24, 2.45) is 0 Å². The molecule has 3 atom stereocenters. The van der Waals surface area contributed by atoms with Crippen LogP contribution in [0.1, 0.15) is 39.5 Å². The smallest absolute Gasteiger partial charge is 0.317 e. The van der Waals surface area contributed by atoms with Gasteiger partial charge in [-0.25, -0.2) is 4.79 Å². The molecule has 20 heavy (non-hydrogen) atoms. The molecule has 5 nitrogen and oxygen atoms in total. The average molecular weight is 283 g/mol. The van der Waals surface area contributed by atoms with Crippen LogP contribution in [0, 0.1) is 0 Å². The Labute approximate surface area is 122 Å². The summed E-state index contributed by atoms with van der Waals surface area (Å²) in [6.45, 7) is 6.23. The quantitative estimate of drug-likeness (QED) is 0.857. The molecule has 1 aliphatic heterocycles. The van der Waals surface area contributed by atoms with Crippen molar-refractivity contribution in [2.45, 2.75) is 57.2 Å². The van der Waals surface area contributed by atoms with E-state index < -0.39 is 0 Å². The van der Waals surface area contributed by atoms with Crippen LogP contribution in [-0.2, 0) is 4.74 Å². The predicted octanol–water partition coefficient (Wildman–Crippen LogP) is 1.68. The summed E-state index contributed by atoms with van der Waals surface area (Å²) in [6.07, 6.45) is 4.26. The first kappa shape index (κ1) is 15.6. The van der Waals surface area contributed by atoms with Crippen LogP contribution in [-0.4, -0.2) is 67.3 Å². The SMILES string of the molecule is CC[C@]1(C)CN(C(=O)N[C@H]2CC[C@H](N(C)C)C2)CCO1. The van der Waals surface area contributed by atoms with Crippen LogP contribution in [0.5, 0.6) is 0 Å². The first-order valence-corrected chi connectivity index (χ1v) is 7.79. The lowest BCUT2D eigenvalue weighted by Crippen LogP contribution is -2.55. The highest BCUT2D eigenvalue weighted by molar-refractivity contribution is 5.74. The van der Waals surface area contributed by atoms with Gasteiger partial charge in [0, 0.05) is 18.6 Å². The molecule has 0 unspecified atom stereocenters. The predicted molar refractivity (Wildman–Crippen MR) is 79.9 cm³/mol. The van der Waals surface area contributed by atoms with Gasteiger partial charge >= 0.3 is 6.03 Å². The van der Waals surface area contributed by atoms with Crippen molar-refractivity contribution in [1.29, 1.82) is 0 Å². The van der Waals surface area contributed by atoms with Gasteiger partial charge in [0.2, 0.25) is 0 Å². The van der Waals surface area contributed by atoms with E-state index in [0.29, 0.717) is 31.8 Å². The van der Waals surface area contributed by atoms with Gasteiger partial charge < -0.3 is 19.9 Å². The third-order valence-corrected chi connectivity index (χ3v) is 4.84. The molecular weight excluding hydrogens is 254 g/mol. The Kier molecular flexibility index (Phi) is 4.91. The Bertz CT molecular complexity index is 348. The molecule has 1 saturated carbocycles. The molecule has 116 valence electrons. The van der Waals surface area contributed by atoms with E-state index in [2.05, 4.69) is 38.2 Å². The summed E-state index contributed by atoms with van der Waals surface area (Å²) in [5.74, 6) is 0. The first-order valence-electron chi connectivity index (χ1n) is 7.79. The largest absolute Gasteiger partial charge is 0.372 e. The molecule has 0 aromatic heterocycles. The Morgan fingerprint density at radius 3 is 2.80 bits per heavy atom. The van der Waals surface area contributed by atoms with Crippen LogP contribution in [0.25, 0.3) is 0 Å². The van der Waals surface area contributed by atoms with E-state index in [1.165, 1.54) is 6.42 Å². The van der Waals surface area contributed by atoms with Gasteiger partial charge in [-0.15, -0.1) is 0 Å². The van der Waals surface area contributed by atoms with Gasteiger partial charge in [0.15, 0.2) is 0 Å². The van der Waals surface area contributed by atoms with E-state index in [1.807, 2.05) is 4.90 Å². The number of nitrogens with zero attached hydrogens (tertiary/aromatic N) is 2. The fourth-order valence-electron chi connectivity index (χ4n) is 3.14. The number of carbonyl (C=O) groups is 1. The van der Waals surface area contributed by atoms with E-state index in [1.54, 1.807) is 0 Å². The summed E-state index contributed by atoms with van der Waals surface area (Å²) in [5.41, 5.74) is -0.183. The van der Waals surface area contributed by atoms with E-state index in [0.717, 1.165) is 19.3 Å². The molecular formula is C15H29N3O2. The molecule has 0 radical (unpaired) electrons. The van der Waals surface area contributed by atoms with Crippen molar-refractivity contribution in [3.05, 3.63) is 0 Å². The van der Waals surface area contributed by atoms with Crippen molar-refractivity contribution < 1.29 is 9.53 Å². The fraction of sp³-hybridized carbons (Fsp3) is 0.933. The minimum atomic E-state index is -0.183. The van der Waals surface area contributed by atoms with Crippen LogP contribution in [0.2, 0.25) is 0 Å². The molecule has 1 saturated heterocycles. The lowest BCUT2D eigenvalue weighted by Gasteiger charge is -2.40. The van der Waals surface area contributed by atoms with Crippen molar-refractivity contribution in [1.82, 2.24) is 15.1 Å². The first-order chi connectivity index (χ1) is 9.43. The summed E-state index contributed by atoms with van der Waals surface area (Å²) in [6, 6.07) is 1.01. The molecule has 2 fully saturated rings. The van der Waals surface area contributed by atoms with Crippen LogP contribution in [0.15, 0.2) is 0 Å². The fourth-order valence-corrected chi connectivity index (χ4v) is 3.14. The summed E-state index contributed by atoms with van der Waals surface area (Å²) >= 11 is 0. The minimum Gasteiger partial charge on any atom is -0.372 e. The molecule has 1 aliphatic carbocycles. The number of amides is 2. The number of rotatable bonds is 3. The minimum absolute atomic E-state index is 0.0809. The molecule has 2 rings (SSSR count). The second-order valence-electron chi connectivity index (χ2n) is 6.65. The maximum absolute atomic E-state index is 12.4. The normalized spacial score (nSPS) is 34.5. The third-order valence-electron chi connectivity index (χ3n) is 4.84. The zero-order valence-corrected chi connectivity index (χ0v) is 13.3. The van der Waals surface area contributed by atoms with Gasteiger partial charge in [-0.1, -0.05) is 6.92 Å². The van der Waals surface area contributed by atoms with Crippen molar-refractivity contribution in [3.8, 4) is 0 Å². The van der Waals surface area contributed by atoms with Gasteiger partial charge in [-0.05, 0) is 46.7 Å². The number of hydrogen-bond donors (Lipinski definition) is 1. The van der Waals surface area contributed by atoms with Gasteiger partial charge in [0.05, 0.1) is 18.8 Å². The molecule has 1 heterocycles. The van der Waals surface area contributed by atoms with Crippen LogP contribution in [0.4, 0.5) is 4.79 Å². The molecule has 2 amide bonds. The highest BCUT2D eigenvalue weighted by Crippen LogP contribution is 2.24. The number of carbonyl (C=O) groups excluding carboxylic acids is 1. The maximum atomic E-state index is 12.4. The van der Waals surface area contributed by atoms with Gasteiger partial charge in [-0.2, -0.15) is 0 Å². The summed E-state index contributed by atoms with van der Waals surface area (Å²) < 4.78 is 5.79. The number of hydrogen-bond acceptors (Lipinski definition) is 3. The Balaban J connectivity index is 1.83. The average Bonchev–Trinajstić information content (AvgIpc) is 2.87. The standard InChI is InChI=1S/C15H29N3O2/c1-5-15(2)11-18(8-9-20-15)14(19)16-12-6-7-13(10-12)17(3)4/h12-13H,5-11H2,1-4H3,(H,16,19)/t12-,13-,15+/m0/s1. The molecule has 0 bridgehead atoms. The molecule has 2 aliphatic rings. The highest BCUT2D eigenvalue weighted by atomic mass is 16.5. The number of morpholine rings is 1. The van der Waals surface area contributed by atoms with Crippen molar-refractivity contribution in [3.63, 3.8) is 0 Å². The van der Waals surface area contributed by atoms with Crippen molar-refractivity contribution >= 4 is 6.03 Å². The van der Waals surface area contributed by atoms with E-state index in [4.69, 9.17) is 4.74 Å². The number of ether oxygens (including phenoxy) is 1. The van der Waals surface area contributed by atoms with Gasteiger partial charge in [0.25, 0.3) is 0 Å². The molecule has 0 aromatic rings. The van der Waals surface area contributed by atoms with Gasteiger partial charge in [-0.3, -0.25) is 0 Å². The number of nitrogens with one attached hydrogen (secondary N) is 1. The third kappa shape index (κ3) is 3.64. The summed E-state index contributed by atoms with van der Waals surface area (Å²) in [5, 5.41) is 3.20. The topological polar surface area (TPSA) is 44.8 Å². The zero-order chi connectivity index (χ0) is 14.8. The Hall–Kier alpha value is -0.810. The maximum Gasteiger partial charge on any atom is 0.317 e. The number of urea groups is 1. The Morgan fingerprint density at radius 2 is 2.20 bits per heavy atom. The molecule has 1 N–H and O–H groups in total. The second kappa shape index (κ2) is 6.31. The molecule has 5 heteroatoms. The molecule has 0 aromatic carbocycles. The van der Waals surface area contributed by atoms with Crippen LogP contribution >= 0.6 is 0 Å². The van der Waals surface area contributed by atoms with Gasteiger partial charge in [0.1, 0.15) is 0 Å². The Morgan fingerprint density at radius 1 is 1.45 bits per heavy atom. The zero-order valence-electron chi connectivity index (χ0n) is 13.3. The lowest BCUT2D eigenvalue weighted by atomic mass is 10.0. The highest BCUT2D eigenvalue weighted by Gasteiger charge is 2.34. The van der Waals surface area contributed by atoms with Crippen LogP contribution < -0.4 is 5.32 Å². The summed E-state index contributed by atoms with van der Waals surface area (Å²) in [4.78, 5) is 16.6. The van der Waals surface area contributed by atoms with E-state index >= 15 is 0 Å². The van der Waals surface area contributed by atoms with E-state index in [9.17, 15) is 4.79 Å². The van der Waals surface area contributed by atoms with Crippen LogP contribution in [0.3, 0.4) is 0 Å². The summed E-state index contributed by atoms with van der Waals surface area (Å²) in [7, 11) is 4.23. The van der Waals surface area contributed by atoms with E-state index in [-0.39, 0.29) is 11.6 Å². The monoisotopic (exact) mass is 283 g/mol. The lowest BCUT2D eigenvalue weighted by molar-refractivity contribution is -0.0874.